The lowest BCUT2D eigenvalue weighted by Crippen LogP contribution is -2.31. The van der Waals surface area contributed by atoms with Gasteiger partial charge in [-0.15, -0.1) is 0 Å². The number of rotatable bonds is 1. The summed E-state index contributed by atoms with van der Waals surface area (Å²) in [6, 6.07) is 4.95. The lowest BCUT2D eigenvalue weighted by molar-refractivity contribution is 0.0923. The van der Waals surface area contributed by atoms with Gasteiger partial charge in [0.25, 0.3) is 11.8 Å². The molecule has 3 rings (SSSR count). The molecule has 0 fully saturated rings. The third-order valence-corrected chi connectivity index (χ3v) is 3.15. The summed E-state index contributed by atoms with van der Waals surface area (Å²) in [6.45, 7) is 0. The second kappa shape index (κ2) is 4.34. The Balaban J connectivity index is 2.22. The zero-order chi connectivity index (χ0) is 15.3. The Labute approximate surface area is 116 Å². The molecule has 2 N–H and O–H groups in total. The van der Waals surface area contributed by atoms with Crippen LogP contribution in [0.15, 0.2) is 30.3 Å². The molecule has 0 aliphatic carbocycles. The van der Waals surface area contributed by atoms with Gasteiger partial charge in [-0.1, -0.05) is 6.07 Å². The van der Waals surface area contributed by atoms with Crippen LogP contribution < -0.4 is 10.6 Å². The lowest BCUT2D eigenvalue weighted by atomic mass is 10.1. The van der Waals surface area contributed by atoms with E-state index < -0.39 is 35.0 Å². The van der Waals surface area contributed by atoms with Crippen LogP contribution in [0.3, 0.4) is 0 Å². The average molecular weight is 292 g/mol. The highest BCUT2D eigenvalue weighted by atomic mass is 19.1. The summed E-state index contributed by atoms with van der Waals surface area (Å²) >= 11 is 0. The van der Waals surface area contributed by atoms with Crippen LogP contribution in [0, 0.1) is 17.5 Å². The summed E-state index contributed by atoms with van der Waals surface area (Å²) < 4.78 is 40.5. The first-order valence-electron chi connectivity index (χ1n) is 5.83. The van der Waals surface area contributed by atoms with Crippen LogP contribution in [0.5, 0.6) is 0 Å². The highest BCUT2D eigenvalue weighted by molar-refractivity contribution is 6.36. The van der Waals surface area contributed by atoms with E-state index in [2.05, 4.69) is 0 Å². The second-order valence-electron chi connectivity index (χ2n) is 4.43. The summed E-state index contributed by atoms with van der Waals surface area (Å²) in [5.74, 6) is -5.70. The number of benzene rings is 2. The fourth-order valence-corrected chi connectivity index (χ4v) is 2.26. The third kappa shape index (κ3) is 1.78. The predicted octanol–water partition coefficient (Wildman–Crippen LogP) is 2.49. The molecule has 2 aromatic rings. The van der Waals surface area contributed by atoms with Gasteiger partial charge in [0.2, 0.25) is 0 Å². The number of nitrogens with two attached hydrogens (primary N) is 1. The molecule has 0 bridgehead atoms. The average Bonchev–Trinajstić information content (AvgIpc) is 2.64. The van der Waals surface area contributed by atoms with Crippen LogP contribution >= 0.6 is 0 Å². The van der Waals surface area contributed by atoms with E-state index in [4.69, 9.17) is 5.73 Å². The summed E-state index contributed by atoms with van der Waals surface area (Å²) in [5.41, 5.74) is 4.55. The zero-order valence-electron chi connectivity index (χ0n) is 10.4. The van der Waals surface area contributed by atoms with Gasteiger partial charge < -0.3 is 5.73 Å². The molecule has 0 unspecified atom stereocenters. The molecule has 106 valence electrons. The molecule has 0 aromatic heterocycles. The Kier molecular flexibility index (Phi) is 2.72. The number of anilines is 2. The lowest BCUT2D eigenvalue weighted by Gasteiger charge is -2.15. The fraction of sp³-hybridized carbons (Fsp3) is 0. The number of fused-ring (bicyclic) bond motifs is 1. The summed E-state index contributed by atoms with van der Waals surface area (Å²) in [6.07, 6.45) is 0. The van der Waals surface area contributed by atoms with Crippen molar-refractivity contribution in [2.75, 3.05) is 10.6 Å². The van der Waals surface area contributed by atoms with E-state index in [-0.39, 0.29) is 16.8 Å². The summed E-state index contributed by atoms with van der Waals surface area (Å²) in [5, 5.41) is 0. The van der Waals surface area contributed by atoms with Crippen molar-refractivity contribution in [3.63, 3.8) is 0 Å². The minimum atomic E-state index is -1.35. The Morgan fingerprint density at radius 2 is 1.57 bits per heavy atom. The molecular formula is C14H7F3N2O2. The largest absolute Gasteiger partial charge is 0.398 e. The van der Waals surface area contributed by atoms with E-state index in [1.807, 2.05) is 0 Å². The molecule has 0 saturated heterocycles. The van der Waals surface area contributed by atoms with Gasteiger partial charge in [-0.2, -0.15) is 0 Å². The second-order valence-corrected chi connectivity index (χ2v) is 4.43. The van der Waals surface area contributed by atoms with Crippen molar-refractivity contribution >= 4 is 23.2 Å². The topological polar surface area (TPSA) is 63.4 Å². The molecule has 4 nitrogen and oxygen atoms in total. The van der Waals surface area contributed by atoms with E-state index >= 15 is 0 Å². The number of carbonyl (C=O) groups is 2. The Bertz CT molecular complexity index is 782. The fourth-order valence-electron chi connectivity index (χ4n) is 2.26. The molecule has 2 amide bonds. The van der Waals surface area contributed by atoms with Gasteiger partial charge in [0.1, 0.15) is 11.5 Å². The van der Waals surface area contributed by atoms with E-state index in [0.717, 1.165) is 0 Å². The van der Waals surface area contributed by atoms with Gasteiger partial charge in [0.05, 0.1) is 11.1 Å². The first kappa shape index (κ1) is 13.2. The van der Waals surface area contributed by atoms with Gasteiger partial charge >= 0.3 is 0 Å². The highest BCUT2D eigenvalue weighted by Gasteiger charge is 2.40. The zero-order valence-corrected chi connectivity index (χ0v) is 10.4. The molecular weight excluding hydrogens is 285 g/mol. The van der Waals surface area contributed by atoms with Crippen LogP contribution in [0.1, 0.15) is 20.7 Å². The molecule has 7 heteroatoms. The smallest absolute Gasteiger partial charge is 0.268 e. The Hall–Kier alpha value is -2.83. The van der Waals surface area contributed by atoms with E-state index in [1.54, 1.807) is 0 Å². The van der Waals surface area contributed by atoms with Crippen molar-refractivity contribution < 1.29 is 22.8 Å². The molecule has 1 heterocycles. The molecule has 0 saturated carbocycles. The minimum absolute atomic E-state index is 0.0243. The molecule has 2 aromatic carbocycles. The van der Waals surface area contributed by atoms with Gasteiger partial charge in [-0.3, -0.25) is 9.59 Å². The van der Waals surface area contributed by atoms with E-state index in [9.17, 15) is 22.8 Å². The first-order valence-corrected chi connectivity index (χ1v) is 5.83. The van der Waals surface area contributed by atoms with Crippen LogP contribution in [0.2, 0.25) is 0 Å². The third-order valence-electron chi connectivity index (χ3n) is 3.15. The minimum Gasteiger partial charge on any atom is -0.398 e. The van der Waals surface area contributed by atoms with Crippen molar-refractivity contribution in [2.24, 2.45) is 0 Å². The Morgan fingerprint density at radius 3 is 2.14 bits per heavy atom. The Morgan fingerprint density at radius 1 is 0.952 bits per heavy atom. The van der Waals surface area contributed by atoms with Gasteiger partial charge in [0, 0.05) is 17.8 Å². The van der Waals surface area contributed by atoms with Crippen molar-refractivity contribution in [3.8, 4) is 0 Å². The van der Waals surface area contributed by atoms with E-state index in [0.29, 0.717) is 17.0 Å². The quantitative estimate of drug-likeness (QED) is 0.649. The number of halogens is 3. The van der Waals surface area contributed by atoms with Crippen LogP contribution in [0.25, 0.3) is 0 Å². The van der Waals surface area contributed by atoms with Crippen molar-refractivity contribution in [3.05, 3.63) is 58.9 Å². The maximum Gasteiger partial charge on any atom is 0.268 e. The number of amides is 2. The maximum atomic E-state index is 13.8. The molecule has 0 atom stereocenters. The molecule has 21 heavy (non-hydrogen) atoms. The normalized spacial score (nSPS) is 13.8. The van der Waals surface area contributed by atoms with Crippen molar-refractivity contribution in [1.82, 2.24) is 0 Å². The van der Waals surface area contributed by atoms with Crippen LogP contribution in [0.4, 0.5) is 24.5 Å². The number of hydrogen-bond acceptors (Lipinski definition) is 3. The SMILES string of the molecule is Nc1cccc2c1C(=O)N(c1c(F)cc(F)cc1F)C2=O. The number of hydrogen-bond donors (Lipinski definition) is 1. The van der Waals surface area contributed by atoms with Gasteiger partial charge in [-0.05, 0) is 12.1 Å². The molecule has 1 aliphatic rings. The number of imide groups is 1. The summed E-state index contributed by atoms with van der Waals surface area (Å²) in [7, 11) is 0. The number of nitrogens with zero attached hydrogens (tertiary/aromatic N) is 1. The molecule has 1 aliphatic heterocycles. The first-order chi connectivity index (χ1) is 9.91. The highest BCUT2D eigenvalue weighted by Crippen LogP contribution is 2.34. The number of carbonyl (C=O) groups excluding carboxylic acids is 2. The standard InChI is InChI=1S/C14H7F3N2O2/c15-6-4-8(16)12(9(17)5-6)19-13(20)7-2-1-3-10(18)11(7)14(19)21/h1-5H,18H2. The molecule has 0 spiro atoms. The van der Waals surface area contributed by atoms with Crippen LogP contribution in [-0.4, -0.2) is 11.8 Å². The van der Waals surface area contributed by atoms with Crippen molar-refractivity contribution in [1.29, 1.82) is 0 Å². The van der Waals surface area contributed by atoms with Gasteiger partial charge in [0.15, 0.2) is 11.6 Å². The van der Waals surface area contributed by atoms with E-state index in [1.165, 1.54) is 18.2 Å². The summed E-state index contributed by atoms with van der Waals surface area (Å²) in [4.78, 5) is 24.7. The van der Waals surface area contributed by atoms with Crippen molar-refractivity contribution in [2.45, 2.75) is 0 Å². The van der Waals surface area contributed by atoms with Gasteiger partial charge in [-0.25, -0.2) is 18.1 Å². The maximum absolute atomic E-state index is 13.8. The number of nitrogen functional groups attached to an aromatic ring is 1. The van der Waals surface area contributed by atoms with Crippen LogP contribution in [-0.2, 0) is 0 Å². The predicted molar refractivity (Wildman–Crippen MR) is 68.3 cm³/mol. The molecule has 0 radical (unpaired) electrons. The monoisotopic (exact) mass is 292 g/mol.